The van der Waals surface area contributed by atoms with Gasteiger partial charge in [0.2, 0.25) is 0 Å². The van der Waals surface area contributed by atoms with Crippen molar-refractivity contribution in [3.63, 3.8) is 0 Å². The number of imidazole rings is 1. The van der Waals surface area contributed by atoms with Crippen molar-refractivity contribution < 1.29 is 22.7 Å². The average Bonchev–Trinajstić information content (AvgIpc) is 2.87. The van der Waals surface area contributed by atoms with Crippen molar-refractivity contribution in [3.8, 4) is 0 Å². The summed E-state index contributed by atoms with van der Waals surface area (Å²) in [6, 6.07) is 0.782. The van der Waals surface area contributed by atoms with Crippen LogP contribution in [0.5, 0.6) is 0 Å². The topological polar surface area (TPSA) is 55.6 Å². The molecule has 0 spiro atoms. The maximum atomic E-state index is 12.7. The second kappa shape index (κ2) is 6.53. The lowest BCUT2D eigenvalue weighted by Crippen LogP contribution is -2.25. The molecule has 0 bridgehead atoms. The molecule has 2 aromatic rings. The number of aromatic nitrogens is 2. The molecule has 0 saturated heterocycles. The second-order valence-corrected chi connectivity index (χ2v) is 4.94. The Kier molecular flexibility index (Phi) is 4.92. The zero-order chi connectivity index (χ0) is 16.3. The molecule has 0 atom stereocenters. The third kappa shape index (κ3) is 3.69. The Morgan fingerprint density at radius 1 is 1.45 bits per heavy atom. The number of nitrogens with zero attached hydrogens (tertiary/aromatic N) is 2. The normalized spacial score (nSPS) is 11.9. The second-order valence-electron chi connectivity index (χ2n) is 4.53. The highest BCUT2D eigenvalue weighted by molar-refractivity contribution is 6.33. The van der Waals surface area contributed by atoms with Gasteiger partial charge in [-0.1, -0.05) is 11.6 Å². The van der Waals surface area contributed by atoms with Gasteiger partial charge in [0.25, 0.3) is 5.91 Å². The van der Waals surface area contributed by atoms with Gasteiger partial charge in [-0.05, 0) is 12.5 Å². The van der Waals surface area contributed by atoms with Crippen LogP contribution in [0.25, 0.3) is 5.65 Å². The molecule has 0 radical (unpaired) electrons. The smallest absolute Gasteiger partial charge is 0.385 e. The molecule has 2 heterocycles. The van der Waals surface area contributed by atoms with Gasteiger partial charge < -0.3 is 14.5 Å². The van der Waals surface area contributed by atoms with Crippen molar-refractivity contribution in [2.75, 3.05) is 20.3 Å². The van der Waals surface area contributed by atoms with Crippen molar-refractivity contribution in [1.29, 1.82) is 0 Å². The standard InChI is InChI=1S/C13H13ClF3N3O2/c1-22-4-2-3-18-12(21)10-7-20-6-8(13(15,16)17)5-9(14)11(20)19-10/h5-7H,2-4H2,1H3,(H,18,21). The van der Waals surface area contributed by atoms with Crippen molar-refractivity contribution in [2.45, 2.75) is 12.6 Å². The van der Waals surface area contributed by atoms with Crippen molar-refractivity contribution >= 4 is 23.2 Å². The SMILES string of the molecule is COCCCNC(=O)c1cn2cc(C(F)(F)F)cc(Cl)c2n1. The van der Waals surface area contributed by atoms with Crippen molar-refractivity contribution in [3.05, 3.63) is 34.7 Å². The number of carbonyl (C=O) groups excluding carboxylic acids is 1. The van der Waals surface area contributed by atoms with Crippen LogP contribution in [-0.4, -0.2) is 35.6 Å². The molecule has 2 rings (SSSR count). The van der Waals surface area contributed by atoms with Crippen molar-refractivity contribution in [2.24, 2.45) is 0 Å². The van der Waals surface area contributed by atoms with Gasteiger partial charge in [0, 0.05) is 32.7 Å². The van der Waals surface area contributed by atoms with Crippen LogP contribution >= 0.6 is 11.6 Å². The Balaban J connectivity index is 2.23. The molecular weight excluding hydrogens is 323 g/mol. The van der Waals surface area contributed by atoms with E-state index in [9.17, 15) is 18.0 Å². The number of pyridine rings is 1. The Hall–Kier alpha value is -1.80. The van der Waals surface area contributed by atoms with Gasteiger partial charge >= 0.3 is 6.18 Å². The van der Waals surface area contributed by atoms with Crippen LogP contribution in [-0.2, 0) is 10.9 Å². The first-order valence-corrected chi connectivity index (χ1v) is 6.73. The van der Waals surface area contributed by atoms with Crippen LogP contribution in [0.2, 0.25) is 5.02 Å². The Morgan fingerprint density at radius 2 is 2.18 bits per heavy atom. The van der Waals surface area contributed by atoms with E-state index < -0.39 is 17.6 Å². The number of carbonyl (C=O) groups is 1. The van der Waals surface area contributed by atoms with Gasteiger partial charge in [0.1, 0.15) is 5.69 Å². The molecule has 22 heavy (non-hydrogen) atoms. The number of methoxy groups -OCH3 is 1. The van der Waals surface area contributed by atoms with Crippen LogP contribution in [0.1, 0.15) is 22.5 Å². The molecule has 5 nitrogen and oxygen atoms in total. The van der Waals surface area contributed by atoms with E-state index in [1.54, 1.807) is 7.11 Å². The maximum Gasteiger partial charge on any atom is 0.417 e. The fourth-order valence-electron chi connectivity index (χ4n) is 1.83. The molecule has 0 aliphatic carbocycles. The zero-order valence-corrected chi connectivity index (χ0v) is 12.3. The molecule has 120 valence electrons. The summed E-state index contributed by atoms with van der Waals surface area (Å²) < 4.78 is 44.1. The molecular formula is C13H13ClF3N3O2. The van der Waals surface area contributed by atoms with E-state index in [1.165, 1.54) is 6.20 Å². The average molecular weight is 336 g/mol. The molecule has 0 aromatic carbocycles. The summed E-state index contributed by atoms with van der Waals surface area (Å²) in [5.74, 6) is -0.482. The Labute approximate surface area is 129 Å². The number of rotatable bonds is 5. The van der Waals surface area contributed by atoms with Crippen LogP contribution < -0.4 is 5.32 Å². The number of ether oxygens (including phenoxy) is 1. The van der Waals surface area contributed by atoms with Gasteiger partial charge in [-0.25, -0.2) is 4.98 Å². The lowest BCUT2D eigenvalue weighted by molar-refractivity contribution is -0.137. The minimum atomic E-state index is -4.52. The van der Waals surface area contributed by atoms with Crippen LogP contribution in [0.15, 0.2) is 18.5 Å². The molecule has 9 heteroatoms. The minimum Gasteiger partial charge on any atom is -0.385 e. The molecule has 0 aliphatic rings. The number of fused-ring (bicyclic) bond motifs is 1. The molecule has 0 aliphatic heterocycles. The number of halogens is 4. The Morgan fingerprint density at radius 3 is 2.82 bits per heavy atom. The zero-order valence-electron chi connectivity index (χ0n) is 11.6. The van der Waals surface area contributed by atoms with Crippen LogP contribution in [0.4, 0.5) is 13.2 Å². The van der Waals surface area contributed by atoms with Gasteiger partial charge in [-0.2, -0.15) is 13.2 Å². The summed E-state index contributed by atoms with van der Waals surface area (Å²) in [6.45, 7) is 0.869. The molecule has 0 saturated carbocycles. The van der Waals surface area contributed by atoms with E-state index in [2.05, 4.69) is 10.3 Å². The fraction of sp³-hybridized carbons (Fsp3) is 0.385. The number of alkyl halides is 3. The molecule has 0 unspecified atom stereocenters. The summed E-state index contributed by atoms with van der Waals surface area (Å²) in [5, 5.41) is 2.43. The largest absolute Gasteiger partial charge is 0.417 e. The van der Waals surface area contributed by atoms with E-state index in [1.807, 2.05) is 0 Å². The third-order valence-corrected chi connectivity index (χ3v) is 3.16. The number of hydrogen-bond acceptors (Lipinski definition) is 3. The molecule has 1 N–H and O–H groups in total. The summed E-state index contributed by atoms with van der Waals surface area (Å²) in [4.78, 5) is 15.8. The predicted octanol–water partition coefficient (Wildman–Crippen LogP) is 2.77. The van der Waals surface area contributed by atoms with Gasteiger partial charge in [-0.15, -0.1) is 0 Å². The van der Waals surface area contributed by atoms with Crippen LogP contribution in [0, 0.1) is 0 Å². The van der Waals surface area contributed by atoms with Crippen LogP contribution in [0.3, 0.4) is 0 Å². The first kappa shape index (κ1) is 16.6. The summed E-state index contributed by atoms with van der Waals surface area (Å²) in [6.07, 6.45) is -1.85. The number of hydrogen-bond donors (Lipinski definition) is 1. The monoisotopic (exact) mass is 335 g/mol. The maximum absolute atomic E-state index is 12.7. The molecule has 0 fully saturated rings. The first-order valence-electron chi connectivity index (χ1n) is 6.35. The van der Waals surface area contributed by atoms with Gasteiger partial charge in [-0.3, -0.25) is 4.79 Å². The van der Waals surface area contributed by atoms with Gasteiger partial charge in [0.15, 0.2) is 5.65 Å². The minimum absolute atomic E-state index is 0.00126. The number of amides is 1. The summed E-state index contributed by atoms with van der Waals surface area (Å²) in [5.41, 5.74) is -0.815. The van der Waals surface area contributed by atoms with E-state index in [0.717, 1.165) is 16.7 Å². The highest BCUT2D eigenvalue weighted by atomic mass is 35.5. The third-order valence-electron chi connectivity index (χ3n) is 2.88. The van der Waals surface area contributed by atoms with Gasteiger partial charge in [0.05, 0.1) is 10.6 Å². The van der Waals surface area contributed by atoms with Crippen molar-refractivity contribution in [1.82, 2.24) is 14.7 Å². The quantitative estimate of drug-likeness (QED) is 0.855. The van der Waals surface area contributed by atoms with E-state index in [0.29, 0.717) is 19.6 Å². The lowest BCUT2D eigenvalue weighted by atomic mass is 10.3. The highest BCUT2D eigenvalue weighted by Gasteiger charge is 2.32. The highest BCUT2D eigenvalue weighted by Crippen LogP contribution is 2.32. The lowest BCUT2D eigenvalue weighted by Gasteiger charge is -2.07. The number of nitrogens with one attached hydrogen (secondary N) is 1. The Bertz CT molecular complexity index is 685. The van der Waals surface area contributed by atoms with E-state index in [-0.39, 0.29) is 16.4 Å². The molecule has 2 aromatic heterocycles. The fourth-order valence-corrected chi connectivity index (χ4v) is 2.09. The van der Waals surface area contributed by atoms with E-state index >= 15 is 0 Å². The summed E-state index contributed by atoms with van der Waals surface area (Å²) >= 11 is 5.80. The van der Waals surface area contributed by atoms with E-state index in [4.69, 9.17) is 16.3 Å². The predicted molar refractivity (Wildman–Crippen MR) is 74.0 cm³/mol. The first-order chi connectivity index (χ1) is 10.3. The summed E-state index contributed by atoms with van der Waals surface area (Å²) in [7, 11) is 1.55. The molecule has 1 amide bonds.